The Hall–Kier alpha value is -1.93. The van der Waals surface area contributed by atoms with E-state index in [0.29, 0.717) is 13.0 Å². The summed E-state index contributed by atoms with van der Waals surface area (Å²) in [6.07, 6.45) is 2.55. The van der Waals surface area contributed by atoms with E-state index in [9.17, 15) is 4.79 Å². The second-order valence-corrected chi connectivity index (χ2v) is 7.22. The Kier molecular flexibility index (Phi) is 6.03. The molecule has 1 unspecified atom stereocenters. The first kappa shape index (κ1) is 18.4. The van der Waals surface area contributed by atoms with Gasteiger partial charge in [0.25, 0.3) is 0 Å². The number of carbonyl (C=O) groups is 1. The molecule has 146 valence electrons. The third-order valence-corrected chi connectivity index (χ3v) is 5.25. The molecule has 27 heavy (non-hydrogen) atoms. The summed E-state index contributed by atoms with van der Waals surface area (Å²) in [6, 6.07) is 8.33. The second kappa shape index (κ2) is 8.84. The van der Waals surface area contributed by atoms with Crippen LogP contribution < -0.4 is 10.6 Å². The van der Waals surface area contributed by atoms with Gasteiger partial charge < -0.3 is 24.7 Å². The highest BCUT2D eigenvalue weighted by atomic mass is 16.5. The lowest BCUT2D eigenvalue weighted by molar-refractivity contribution is -0.117. The smallest absolute Gasteiger partial charge is 0.226 e. The molecule has 1 atom stereocenters. The summed E-state index contributed by atoms with van der Waals surface area (Å²) in [6.45, 7) is 7.80. The predicted octanol–water partition coefficient (Wildman–Crippen LogP) is 1.29. The van der Waals surface area contributed by atoms with Crippen LogP contribution in [0.2, 0.25) is 0 Å². The molecule has 3 heterocycles. The van der Waals surface area contributed by atoms with Crippen LogP contribution in [0.4, 0.5) is 5.69 Å². The summed E-state index contributed by atoms with van der Waals surface area (Å²) in [5, 5.41) is 7.46. The lowest BCUT2D eigenvalue weighted by Crippen LogP contribution is -2.43. The van der Waals surface area contributed by atoms with Gasteiger partial charge in [0, 0.05) is 68.0 Å². The first-order chi connectivity index (χ1) is 13.3. The lowest BCUT2D eigenvalue weighted by Gasteiger charge is -2.26. The normalized spacial score (nSPS) is 21.4. The van der Waals surface area contributed by atoms with Crippen molar-refractivity contribution in [2.45, 2.75) is 19.0 Å². The van der Waals surface area contributed by atoms with Crippen molar-refractivity contribution in [2.24, 2.45) is 0 Å². The summed E-state index contributed by atoms with van der Waals surface area (Å²) in [7, 11) is 0. The summed E-state index contributed by atoms with van der Waals surface area (Å²) in [5.41, 5.74) is 2.04. The fraction of sp³-hybridized carbons (Fsp3) is 0.550. The quantitative estimate of drug-likeness (QED) is 0.800. The minimum atomic E-state index is 0.0177. The van der Waals surface area contributed by atoms with Crippen molar-refractivity contribution in [3.05, 3.63) is 30.5 Å². The number of hydrogen-bond acceptors (Lipinski definition) is 5. The summed E-state index contributed by atoms with van der Waals surface area (Å²) in [4.78, 5) is 14.7. The highest BCUT2D eigenvalue weighted by Gasteiger charge is 2.17. The number of amides is 1. The Morgan fingerprint density at radius 3 is 2.85 bits per heavy atom. The number of ether oxygens (including phenoxy) is 2. The van der Waals surface area contributed by atoms with E-state index in [1.54, 1.807) is 0 Å². The first-order valence-electron chi connectivity index (χ1n) is 9.78. The first-order valence-corrected chi connectivity index (χ1v) is 9.78. The highest BCUT2D eigenvalue weighted by Crippen LogP contribution is 2.21. The minimum Gasteiger partial charge on any atom is -0.379 e. The fourth-order valence-corrected chi connectivity index (χ4v) is 3.73. The second-order valence-electron chi connectivity index (χ2n) is 7.22. The molecule has 2 fully saturated rings. The maximum absolute atomic E-state index is 12.3. The SMILES string of the molecule is O=C(CC1COCCN1)Nc1ccc2c(ccn2CCN2CCOCC2)c1. The third-order valence-electron chi connectivity index (χ3n) is 5.25. The number of aromatic nitrogens is 1. The molecular formula is C20H28N4O3. The van der Waals surface area contributed by atoms with Crippen LogP contribution in [-0.4, -0.2) is 74.0 Å². The van der Waals surface area contributed by atoms with Gasteiger partial charge in [-0.25, -0.2) is 0 Å². The molecule has 0 radical (unpaired) electrons. The molecule has 0 bridgehead atoms. The van der Waals surface area contributed by atoms with Gasteiger partial charge in [0.05, 0.1) is 26.4 Å². The molecule has 0 spiro atoms. The van der Waals surface area contributed by atoms with Gasteiger partial charge in [-0.2, -0.15) is 0 Å². The molecule has 2 aliphatic rings. The van der Waals surface area contributed by atoms with Crippen molar-refractivity contribution in [1.29, 1.82) is 0 Å². The molecule has 2 aliphatic heterocycles. The van der Waals surface area contributed by atoms with E-state index in [-0.39, 0.29) is 11.9 Å². The maximum Gasteiger partial charge on any atom is 0.226 e. The predicted molar refractivity (Wildman–Crippen MR) is 105 cm³/mol. The van der Waals surface area contributed by atoms with Crippen molar-refractivity contribution in [3.63, 3.8) is 0 Å². The van der Waals surface area contributed by atoms with Gasteiger partial charge in [-0.15, -0.1) is 0 Å². The van der Waals surface area contributed by atoms with Crippen molar-refractivity contribution in [1.82, 2.24) is 14.8 Å². The fourth-order valence-electron chi connectivity index (χ4n) is 3.73. The molecule has 4 rings (SSSR count). The Morgan fingerprint density at radius 2 is 2.04 bits per heavy atom. The van der Waals surface area contributed by atoms with Crippen molar-refractivity contribution in [3.8, 4) is 0 Å². The van der Waals surface area contributed by atoms with Gasteiger partial charge >= 0.3 is 0 Å². The number of benzene rings is 1. The number of hydrogen-bond donors (Lipinski definition) is 2. The van der Waals surface area contributed by atoms with Gasteiger partial charge in [-0.1, -0.05) is 0 Å². The van der Waals surface area contributed by atoms with E-state index < -0.39 is 0 Å². The summed E-state index contributed by atoms with van der Waals surface area (Å²) < 4.78 is 13.1. The molecule has 2 saturated heterocycles. The third kappa shape index (κ3) is 4.87. The molecule has 0 saturated carbocycles. The number of nitrogens with zero attached hydrogens (tertiary/aromatic N) is 2. The maximum atomic E-state index is 12.3. The van der Waals surface area contributed by atoms with Crippen molar-refractivity contribution >= 4 is 22.5 Å². The Morgan fingerprint density at radius 1 is 1.15 bits per heavy atom. The van der Waals surface area contributed by atoms with Crippen LogP contribution in [0.3, 0.4) is 0 Å². The molecule has 1 aromatic carbocycles. The standard InChI is InChI=1S/C20H28N4O3/c25-20(14-18-15-27-10-4-21-18)22-17-1-2-19-16(13-17)3-5-24(19)7-6-23-8-11-26-12-9-23/h1-3,5,13,18,21H,4,6-12,14-15H2,(H,22,25). The zero-order valence-electron chi connectivity index (χ0n) is 15.7. The average Bonchev–Trinajstić information content (AvgIpc) is 3.10. The minimum absolute atomic E-state index is 0.0177. The molecule has 1 aromatic heterocycles. The molecular weight excluding hydrogens is 344 g/mol. The zero-order chi connectivity index (χ0) is 18.5. The summed E-state index contributed by atoms with van der Waals surface area (Å²) >= 11 is 0. The zero-order valence-corrected chi connectivity index (χ0v) is 15.7. The molecule has 1 amide bonds. The molecule has 0 aliphatic carbocycles. The molecule has 2 aromatic rings. The number of anilines is 1. The van der Waals surface area contributed by atoms with Crippen LogP contribution in [0.5, 0.6) is 0 Å². The van der Waals surface area contributed by atoms with E-state index in [2.05, 4.69) is 38.4 Å². The topological polar surface area (TPSA) is 67.8 Å². The van der Waals surface area contributed by atoms with Crippen LogP contribution in [0.15, 0.2) is 30.5 Å². The van der Waals surface area contributed by atoms with E-state index in [4.69, 9.17) is 9.47 Å². The average molecular weight is 372 g/mol. The van der Waals surface area contributed by atoms with Gasteiger partial charge in [-0.3, -0.25) is 9.69 Å². The van der Waals surface area contributed by atoms with Crippen LogP contribution in [-0.2, 0) is 20.8 Å². The van der Waals surface area contributed by atoms with Crippen LogP contribution in [0.25, 0.3) is 10.9 Å². The number of morpholine rings is 2. The highest BCUT2D eigenvalue weighted by molar-refractivity contribution is 5.94. The number of fused-ring (bicyclic) bond motifs is 1. The number of nitrogens with one attached hydrogen (secondary N) is 2. The van der Waals surface area contributed by atoms with Crippen LogP contribution in [0.1, 0.15) is 6.42 Å². The Bertz CT molecular complexity index is 764. The monoisotopic (exact) mass is 372 g/mol. The van der Waals surface area contributed by atoms with E-state index in [1.165, 1.54) is 5.52 Å². The van der Waals surface area contributed by atoms with Gasteiger partial charge in [-0.05, 0) is 24.3 Å². The molecule has 7 heteroatoms. The Balaban J connectivity index is 1.34. The van der Waals surface area contributed by atoms with Gasteiger partial charge in [0.15, 0.2) is 0 Å². The number of carbonyl (C=O) groups excluding carboxylic acids is 1. The van der Waals surface area contributed by atoms with E-state index in [0.717, 1.165) is 63.6 Å². The molecule has 2 N–H and O–H groups in total. The summed E-state index contributed by atoms with van der Waals surface area (Å²) in [5.74, 6) is 0.0177. The van der Waals surface area contributed by atoms with Crippen LogP contribution >= 0.6 is 0 Å². The lowest BCUT2D eigenvalue weighted by atomic mass is 10.2. The van der Waals surface area contributed by atoms with E-state index in [1.807, 2.05) is 12.1 Å². The largest absolute Gasteiger partial charge is 0.379 e. The van der Waals surface area contributed by atoms with E-state index >= 15 is 0 Å². The van der Waals surface area contributed by atoms with Gasteiger partial charge in [0.2, 0.25) is 5.91 Å². The number of rotatable bonds is 6. The van der Waals surface area contributed by atoms with Crippen molar-refractivity contribution < 1.29 is 14.3 Å². The van der Waals surface area contributed by atoms with Crippen LogP contribution in [0, 0.1) is 0 Å². The van der Waals surface area contributed by atoms with Gasteiger partial charge in [0.1, 0.15) is 0 Å². The molecule has 7 nitrogen and oxygen atoms in total. The van der Waals surface area contributed by atoms with Crippen molar-refractivity contribution in [2.75, 3.05) is 57.9 Å². The Labute approximate surface area is 159 Å².